The Kier molecular flexibility index (Phi) is 6.44. The molecule has 0 unspecified atom stereocenters. The molecule has 0 aliphatic rings. The summed E-state index contributed by atoms with van der Waals surface area (Å²) in [5.41, 5.74) is 7.43. The molecule has 0 atom stereocenters. The van der Waals surface area contributed by atoms with Crippen LogP contribution in [0.3, 0.4) is 0 Å². The van der Waals surface area contributed by atoms with Crippen molar-refractivity contribution in [2.75, 3.05) is 0 Å². The number of hydrogen-bond donors (Lipinski definition) is 0. The van der Waals surface area contributed by atoms with Gasteiger partial charge in [0.2, 0.25) is 0 Å². The van der Waals surface area contributed by atoms with Crippen LogP contribution in [0.4, 0.5) is 0 Å². The molecule has 0 spiro atoms. The third-order valence-electron chi connectivity index (χ3n) is 3.48. The standard InChI is InChI=1S/C19H27N/c1-7-19-16(6)11-17(13-20-19)12-18(15(4)5)10-8-9-14(2)3/h10-11,13H,2,4,7-9,12H2,1,3,5-6H3/b18-10-. The zero-order chi connectivity index (χ0) is 15.1. The Morgan fingerprint density at radius 1 is 1.30 bits per heavy atom. The molecular formula is C19H27N. The second kappa shape index (κ2) is 7.84. The van der Waals surface area contributed by atoms with Crippen molar-refractivity contribution in [3.05, 3.63) is 65.0 Å². The summed E-state index contributed by atoms with van der Waals surface area (Å²) in [7, 11) is 0. The largest absolute Gasteiger partial charge is 0.261 e. The molecule has 1 aromatic heterocycles. The molecule has 0 saturated heterocycles. The van der Waals surface area contributed by atoms with E-state index >= 15 is 0 Å². The lowest BCUT2D eigenvalue weighted by Crippen LogP contribution is -1.98. The van der Waals surface area contributed by atoms with Crippen LogP contribution in [0.2, 0.25) is 0 Å². The van der Waals surface area contributed by atoms with Crippen molar-refractivity contribution in [2.45, 2.75) is 53.4 Å². The highest BCUT2D eigenvalue weighted by atomic mass is 14.7. The average Bonchev–Trinajstić information content (AvgIpc) is 2.37. The van der Waals surface area contributed by atoms with Crippen molar-refractivity contribution in [3.8, 4) is 0 Å². The van der Waals surface area contributed by atoms with Gasteiger partial charge in [0.25, 0.3) is 0 Å². The maximum atomic E-state index is 4.55. The lowest BCUT2D eigenvalue weighted by atomic mass is 9.98. The zero-order valence-electron chi connectivity index (χ0n) is 13.4. The molecule has 0 fully saturated rings. The van der Waals surface area contributed by atoms with Crippen LogP contribution in [0.1, 0.15) is 50.4 Å². The summed E-state index contributed by atoms with van der Waals surface area (Å²) in [6, 6.07) is 2.25. The lowest BCUT2D eigenvalue weighted by molar-refractivity contribution is 0.954. The van der Waals surface area contributed by atoms with Gasteiger partial charge in [-0.3, -0.25) is 4.98 Å². The van der Waals surface area contributed by atoms with Gasteiger partial charge in [-0.25, -0.2) is 0 Å². The number of aromatic nitrogens is 1. The first kappa shape index (κ1) is 16.4. The molecule has 0 aromatic carbocycles. The molecule has 1 heteroatoms. The Morgan fingerprint density at radius 2 is 2.00 bits per heavy atom. The molecule has 0 aliphatic heterocycles. The van der Waals surface area contributed by atoms with E-state index in [-0.39, 0.29) is 0 Å². The molecule has 108 valence electrons. The highest BCUT2D eigenvalue weighted by Crippen LogP contribution is 2.18. The summed E-state index contributed by atoms with van der Waals surface area (Å²) in [5, 5.41) is 0. The monoisotopic (exact) mass is 269 g/mol. The summed E-state index contributed by atoms with van der Waals surface area (Å²) >= 11 is 0. The van der Waals surface area contributed by atoms with Crippen LogP contribution in [0.25, 0.3) is 0 Å². The van der Waals surface area contributed by atoms with Crippen molar-refractivity contribution in [1.29, 1.82) is 0 Å². The molecule has 0 aliphatic carbocycles. The van der Waals surface area contributed by atoms with Gasteiger partial charge in [0, 0.05) is 11.9 Å². The average molecular weight is 269 g/mol. The summed E-state index contributed by atoms with van der Waals surface area (Å²) in [6.07, 6.45) is 8.29. The molecule has 1 nitrogen and oxygen atoms in total. The highest BCUT2D eigenvalue weighted by Gasteiger charge is 2.04. The molecule has 0 bridgehead atoms. The molecule has 1 rings (SSSR count). The maximum absolute atomic E-state index is 4.55. The van der Waals surface area contributed by atoms with Crippen LogP contribution in [0, 0.1) is 6.92 Å². The fourth-order valence-electron chi connectivity index (χ4n) is 2.24. The van der Waals surface area contributed by atoms with Crippen LogP contribution >= 0.6 is 0 Å². The molecular weight excluding hydrogens is 242 g/mol. The Morgan fingerprint density at radius 3 is 2.50 bits per heavy atom. The van der Waals surface area contributed by atoms with Crippen molar-refractivity contribution in [3.63, 3.8) is 0 Å². The van der Waals surface area contributed by atoms with Crippen LogP contribution in [-0.2, 0) is 12.8 Å². The topological polar surface area (TPSA) is 12.9 Å². The van der Waals surface area contributed by atoms with Crippen LogP contribution in [-0.4, -0.2) is 4.98 Å². The molecule has 0 amide bonds. The maximum Gasteiger partial charge on any atom is 0.0430 e. The third-order valence-corrected chi connectivity index (χ3v) is 3.48. The normalized spacial score (nSPS) is 11.5. The first-order chi connectivity index (χ1) is 9.43. The number of rotatable bonds is 7. The Bertz CT molecular complexity index is 521. The summed E-state index contributed by atoms with van der Waals surface area (Å²) in [5.74, 6) is 0. The Balaban J connectivity index is 2.83. The lowest BCUT2D eigenvalue weighted by Gasteiger charge is -2.10. The second-order valence-corrected chi connectivity index (χ2v) is 5.64. The molecule has 0 radical (unpaired) electrons. The fourth-order valence-corrected chi connectivity index (χ4v) is 2.24. The van der Waals surface area contributed by atoms with E-state index in [1.54, 1.807) is 0 Å². The van der Waals surface area contributed by atoms with Gasteiger partial charge in [0.05, 0.1) is 0 Å². The van der Waals surface area contributed by atoms with E-state index in [9.17, 15) is 0 Å². The van der Waals surface area contributed by atoms with Crippen LogP contribution < -0.4 is 0 Å². The minimum Gasteiger partial charge on any atom is -0.261 e. The number of pyridine rings is 1. The van der Waals surface area contributed by atoms with Gasteiger partial charge in [-0.05, 0) is 63.2 Å². The van der Waals surface area contributed by atoms with Crippen LogP contribution in [0.5, 0.6) is 0 Å². The SMILES string of the molecule is C=C(C)CC/C=C(/Cc1cnc(CC)c(C)c1)C(=C)C. The Hall–Kier alpha value is -1.63. The number of allylic oxidation sites excluding steroid dienone is 4. The number of aryl methyl sites for hydroxylation is 2. The van der Waals surface area contributed by atoms with Gasteiger partial charge in [-0.15, -0.1) is 6.58 Å². The smallest absolute Gasteiger partial charge is 0.0430 e. The summed E-state index contributed by atoms with van der Waals surface area (Å²) in [6.45, 7) is 16.5. The van der Waals surface area contributed by atoms with E-state index in [1.807, 2.05) is 6.20 Å². The third kappa shape index (κ3) is 5.16. The van der Waals surface area contributed by atoms with Crippen molar-refractivity contribution >= 4 is 0 Å². The van der Waals surface area contributed by atoms with E-state index in [0.717, 1.165) is 31.3 Å². The molecule has 1 heterocycles. The first-order valence-electron chi connectivity index (χ1n) is 7.37. The van der Waals surface area contributed by atoms with Crippen LogP contribution in [0.15, 0.2) is 48.2 Å². The van der Waals surface area contributed by atoms with E-state index in [2.05, 4.69) is 58.0 Å². The molecule has 0 N–H and O–H groups in total. The number of hydrogen-bond acceptors (Lipinski definition) is 1. The minimum absolute atomic E-state index is 0.920. The predicted molar refractivity (Wildman–Crippen MR) is 89.0 cm³/mol. The quantitative estimate of drug-likeness (QED) is 0.480. The van der Waals surface area contributed by atoms with Crippen molar-refractivity contribution in [2.24, 2.45) is 0 Å². The Labute approximate surface area is 124 Å². The first-order valence-corrected chi connectivity index (χ1v) is 7.37. The van der Waals surface area contributed by atoms with E-state index in [4.69, 9.17) is 0 Å². The van der Waals surface area contributed by atoms with Gasteiger partial charge in [-0.2, -0.15) is 0 Å². The second-order valence-electron chi connectivity index (χ2n) is 5.64. The zero-order valence-corrected chi connectivity index (χ0v) is 13.4. The minimum atomic E-state index is 0.920. The van der Waals surface area contributed by atoms with Gasteiger partial charge < -0.3 is 0 Å². The molecule has 0 saturated carbocycles. The molecule has 20 heavy (non-hydrogen) atoms. The fraction of sp³-hybridized carbons (Fsp3) is 0.421. The van der Waals surface area contributed by atoms with E-state index < -0.39 is 0 Å². The van der Waals surface area contributed by atoms with E-state index in [1.165, 1.54) is 28.0 Å². The van der Waals surface area contributed by atoms with Gasteiger partial charge in [0.15, 0.2) is 0 Å². The van der Waals surface area contributed by atoms with Crippen molar-refractivity contribution in [1.82, 2.24) is 4.98 Å². The molecule has 1 aromatic rings. The highest BCUT2D eigenvalue weighted by molar-refractivity contribution is 5.34. The van der Waals surface area contributed by atoms with Gasteiger partial charge in [0.1, 0.15) is 0 Å². The van der Waals surface area contributed by atoms with E-state index in [0.29, 0.717) is 0 Å². The van der Waals surface area contributed by atoms with Gasteiger partial charge >= 0.3 is 0 Å². The summed E-state index contributed by atoms with van der Waals surface area (Å²) < 4.78 is 0. The van der Waals surface area contributed by atoms with Crippen molar-refractivity contribution < 1.29 is 0 Å². The number of nitrogens with zero attached hydrogens (tertiary/aromatic N) is 1. The summed E-state index contributed by atoms with van der Waals surface area (Å²) in [4.78, 5) is 4.55. The van der Waals surface area contributed by atoms with Gasteiger partial charge in [-0.1, -0.05) is 36.8 Å². The predicted octanol–water partition coefficient (Wildman–Crippen LogP) is 5.35.